The van der Waals surface area contributed by atoms with E-state index in [2.05, 4.69) is 69.4 Å². The number of carbonyl (C=O) groups is 3. The van der Waals surface area contributed by atoms with Crippen LogP contribution in [-0.4, -0.2) is 37.2 Å². The summed E-state index contributed by atoms with van der Waals surface area (Å²) in [5, 5.41) is 0. The van der Waals surface area contributed by atoms with E-state index in [1.54, 1.807) is 0 Å². The zero-order valence-electron chi connectivity index (χ0n) is 43.3. The van der Waals surface area contributed by atoms with Gasteiger partial charge in [0.25, 0.3) is 0 Å². The van der Waals surface area contributed by atoms with Gasteiger partial charge >= 0.3 is 17.9 Å². The van der Waals surface area contributed by atoms with Crippen molar-refractivity contribution in [2.45, 2.75) is 297 Å². The molecular formula is C59H106O6. The van der Waals surface area contributed by atoms with Crippen LogP contribution in [0.2, 0.25) is 0 Å². The molecule has 0 aromatic carbocycles. The second-order valence-corrected chi connectivity index (χ2v) is 18.8. The van der Waals surface area contributed by atoms with E-state index in [0.29, 0.717) is 19.3 Å². The Kier molecular flexibility index (Phi) is 51.8. The van der Waals surface area contributed by atoms with Gasteiger partial charge in [0.15, 0.2) is 6.10 Å². The van der Waals surface area contributed by atoms with Crippen LogP contribution in [0.25, 0.3) is 0 Å². The van der Waals surface area contributed by atoms with Gasteiger partial charge in [-0.2, -0.15) is 0 Å². The van der Waals surface area contributed by atoms with Gasteiger partial charge in [-0.1, -0.05) is 262 Å². The van der Waals surface area contributed by atoms with Crippen molar-refractivity contribution in [2.75, 3.05) is 13.2 Å². The third kappa shape index (κ3) is 52.2. The first-order chi connectivity index (χ1) is 32.0. The fourth-order valence-corrected chi connectivity index (χ4v) is 8.14. The lowest BCUT2D eigenvalue weighted by Crippen LogP contribution is -2.30. The minimum atomic E-state index is -0.764. The van der Waals surface area contributed by atoms with Gasteiger partial charge in [0.2, 0.25) is 0 Å². The van der Waals surface area contributed by atoms with E-state index < -0.39 is 6.10 Å². The Balaban J connectivity index is 3.98. The summed E-state index contributed by atoms with van der Waals surface area (Å²) in [5.74, 6) is -0.866. The lowest BCUT2D eigenvalue weighted by molar-refractivity contribution is -0.167. The number of esters is 3. The average Bonchev–Trinajstić information content (AvgIpc) is 3.30. The molecule has 0 saturated carbocycles. The van der Waals surface area contributed by atoms with E-state index in [1.807, 2.05) is 0 Å². The van der Waals surface area contributed by atoms with Crippen LogP contribution >= 0.6 is 0 Å². The number of ether oxygens (including phenoxy) is 3. The maximum atomic E-state index is 12.7. The summed E-state index contributed by atoms with van der Waals surface area (Å²) in [6, 6.07) is 0. The SMILES string of the molecule is CC/C=C\C/C=C\C/C=C\C/C=C\CCCCCCCCCCCCCCCCCCC(=O)OCC(COC(=O)CCCCCCCC)OC(=O)CCCCCCCCCCCCCC. The van der Waals surface area contributed by atoms with E-state index in [4.69, 9.17) is 14.2 Å². The minimum Gasteiger partial charge on any atom is -0.462 e. The van der Waals surface area contributed by atoms with Crippen molar-refractivity contribution in [3.63, 3.8) is 0 Å². The maximum Gasteiger partial charge on any atom is 0.306 e. The van der Waals surface area contributed by atoms with Crippen LogP contribution in [0.1, 0.15) is 290 Å². The first-order valence-corrected chi connectivity index (χ1v) is 28.1. The highest BCUT2D eigenvalue weighted by Gasteiger charge is 2.19. The summed E-state index contributed by atoms with van der Waals surface area (Å²) < 4.78 is 16.7. The molecule has 0 bridgehead atoms. The number of allylic oxidation sites excluding steroid dienone is 8. The number of rotatable bonds is 51. The van der Waals surface area contributed by atoms with Gasteiger partial charge in [-0.3, -0.25) is 14.4 Å². The van der Waals surface area contributed by atoms with Gasteiger partial charge in [-0.05, 0) is 57.8 Å². The fraction of sp³-hybridized carbons (Fsp3) is 0.814. The van der Waals surface area contributed by atoms with Gasteiger partial charge in [-0.15, -0.1) is 0 Å². The molecule has 0 saturated heterocycles. The molecule has 0 amide bonds. The number of hydrogen-bond donors (Lipinski definition) is 0. The Hall–Kier alpha value is -2.63. The second-order valence-electron chi connectivity index (χ2n) is 18.8. The molecule has 378 valence electrons. The minimum absolute atomic E-state index is 0.0684. The van der Waals surface area contributed by atoms with Crippen molar-refractivity contribution in [3.8, 4) is 0 Å². The third-order valence-corrected chi connectivity index (χ3v) is 12.3. The zero-order valence-corrected chi connectivity index (χ0v) is 43.3. The van der Waals surface area contributed by atoms with Crippen molar-refractivity contribution >= 4 is 17.9 Å². The molecule has 0 aliphatic rings. The molecular weight excluding hydrogens is 805 g/mol. The molecule has 6 nitrogen and oxygen atoms in total. The van der Waals surface area contributed by atoms with Crippen LogP contribution < -0.4 is 0 Å². The molecule has 0 fully saturated rings. The molecule has 0 heterocycles. The Morgan fingerprint density at radius 1 is 0.323 bits per heavy atom. The van der Waals surface area contributed by atoms with E-state index in [1.165, 1.54) is 167 Å². The Bertz CT molecular complexity index is 1140. The van der Waals surface area contributed by atoms with Crippen molar-refractivity contribution in [1.29, 1.82) is 0 Å². The molecule has 0 aliphatic carbocycles. The smallest absolute Gasteiger partial charge is 0.306 e. The monoisotopic (exact) mass is 911 g/mol. The molecule has 0 N–H and O–H groups in total. The maximum absolute atomic E-state index is 12.7. The number of hydrogen-bond acceptors (Lipinski definition) is 6. The zero-order chi connectivity index (χ0) is 47.2. The van der Waals surface area contributed by atoms with Crippen LogP contribution in [0.5, 0.6) is 0 Å². The third-order valence-electron chi connectivity index (χ3n) is 12.3. The van der Waals surface area contributed by atoms with E-state index in [0.717, 1.165) is 83.5 Å². The van der Waals surface area contributed by atoms with E-state index in [9.17, 15) is 14.4 Å². The van der Waals surface area contributed by atoms with Crippen molar-refractivity contribution in [3.05, 3.63) is 48.6 Å². The summed E-state index contributed by atoms with van der Waals surface area (Å²) >= 11 is 0. The second kappa shape index (κ2) is 54.0. The predicted molar refractivity (Wildman–Crippen MR) is 279 cm³/mol. The molecule has 0 radical (unpaired) electrons. The first kappa shape index (κ1) is 62.4. The number of unbranched alkanes of at least 4 members (excludes halogenated alkanes) is 32. The predicted octanol–water partition coefficient (Wildman–Crippen LogP) is 18.7. The van der Waals surface area contributed by atoms with E-state index >= 15 is 0 Å². The largest absolute Gasteiger partial charge is 0.462 e. The van der Waals surface area contributed by atoms with Gasteiger partial charge in [0.05, 0.1) is 0 Å². The molecule has 0 aromatic rings. The summed E-state index contributed by atoms with van der Waals surface area (Å²) in [4.78, 5) is 37.7. The van der Waals surface area contributed by atoms with Crippen molar-refractivity contribution < 1.29 is 28.6 Å². The fourth-order valence-electron chi connectivity index (χ4n) is 8.14. The Morgan fingerprint density at radius 2 is 0.600 bits per heavy atom. The van der Waals surface area contributed by atoms with Crippen LogP contribution in [-0.2, 0) is 28.6 Å². The highest BCUT2D eigenvalue weighted by Crippen LogP contribution is 2.16. The van der Waals surface area contributed by atoms with Gasteiger partial charge in [0.1, 0.15) is 13.2 Å². The Labute approximate surface area is 403 Å². The first-order valence-electron chi connectivity index (χ1n) is 28.1. The van der Waals surface area contributed by atoms with Gasteiger partial charge < -0.3 is 14.2 Å². The van der Waals surface area contributed by atoms with Crippen LogP contribution in [0.3, 0.4) is 0 Å². The molecule has 0 aliphatic heterocycles. The molecule has 1 atom stereocenters. The molecule has 1 unspecified atom stereocenters. The molecule has 65 heavy (non-hydrogen) atoms. The molecule has 0 spiro atoms. The van der Waals surface area contributed by atoms with Gasteiger partial charge in [0, 0.05) is 19.3 Å². The van der Waals surface area contributed by atoms with Crippen LogP contribution in [0, 0.1) is 0 Å². The lowest BCUT2D eigenvalue weighted by atomic mass is 10.0. The molecule has 0 rings (SSSR count). The highest BCUT2D eigenvalue weighted by atomic mass is 16.6. The Morgan fingerprint density at radius 3 is 0.938 bits per heavy atom. The number of carbonyl (C=O) groups excluding carboxylic acids is 3. The summed E-state index contributed by atoms with van der Waals surface area (Å²) in [7, 11) is 0. The summed E-state index contributed by atoms with van der Waals surface area (Å²) in [5.41, 5.74) is 0. The highest BCUT2D eigenvalue weighted by molar-refractivity contribution is 5.71. The average molecular weight is 911 g/mol. The molecule has 6 heteroatoms. The van der Waals surface area contributed by atoms with Gasteiger partial charge in [-0.25, -0.2) is 0 Å². The van der Waals surface area contributed by atoms with Crippen molar-refractivity contribution in [2.24, 2.45) is 0 Å². The standard InChI is InChI=1S/C59H106O6/c1-4-7-10-13-16-18-20-22-23-24-25-26-27-28-29-30-31-32-33-34-35-36-37-38-40-41-43-46-49-52-58(61)64-55-56(54-63-57(60)51-48-45-15-12-9-6-3)65-59(62)53-50-47-44-42-39-21-19-17-14-11-8-5-2/h7,10,16,18,22-23,25-26,56H,4-6,8-9,11-15,17,19-21,24,27-55H2,1-3H3/b10-7-,18-16-,23-22-,26-25-. The van der Waals surface area contributed by atoms with Crippen molar-refractivity contribution in [1.82, 2.24) is 0 Å². The topological polar surface area (TPSA) is 78.9 Å². The van der Waals surface area contributed by atoms with Crippen LogP contribution in [0.15, 0.2) is 48.6 Å². The van der Waals surface area contributed by atoms with Crippen LogP contribution in [0.4, 0.5) is 0 Å². The summed E-state index contributed by atoms with van der Waals surface area (Å²) in [6.45, 7) is 6.49. The molecule has 0 aromatic heterocycles. The van der Waals surface area contributed by atoms with E-state index in [-0.39, 0.29) is 31.1 Å². The normalized spacial score (nSPS) is 12.4. The lowest BCUT2D eigenvalue weighted by Gasteiger charge is -2.18. The summed E-state index contributed by atoms with van der Waals surface area (Å²) in [6.07, 6.45) is 65.7. The quantitative estimate of drug-likeness (QED) is 0.0262.